The molecule has 0 aliphatic carbocycles. The number of rotatable bonds is 2. The van der Waals surface area contributed by atoms with E-state index in [1.54, 1.807) is 12.1 Å². The minimum Gasteiger partial charge on any atom is -0.338 e. The summed E-state index contributed by atoms with van der Waals surface area (Å²) in [4.78, 5) is 15.6. The summed E-state index contributed by atoms with van der Waals surface area (Å²) in [7, 11) is 0. The van der Waals surface area contributed by atoms with E-state index in [4.69, 9.17) is 0 Å². The van der Waals surface area contributed by atoms with E-state index in [-0.39, 0.29) is 57.4 Å². The zero-order valence-corrected chi connectivity index (χ0v) is 15.8. The van der Waals surface area contributed by atoms with Crippen molar-refractivity contribution in [2.45, 2.75) is 27.2 Å². The van der Waals surface area contributed by atoms with Gasteiger partial charge in [-0.1, -0.05) is 20.3 Å². The molecule has 0 aliphatic rings. The molecule has 0 aliphatic heterocycles. The topological polar surface area (TPSA) is 54.0 Å². The molecule has 0 atom stereocenters. The van der Waals surface area contributed by atoms with Crippen LogP contribution in [-0.4, -0.2) is 17.6 Å². The maximum Gasteiger partial charge on any atom is 1.00 e. The van der Waals surface area contributed by atoms with Gasteiger partial charge in [0.05, 0.1) is 0 Å². The molecule has 2 amide bonds. The number of hydrogen-bond acceptors (Lipinski definition) is 2. The van der Waals surface area contributed by atoms with E-state index in [2.05, 4.69) is 35.5 Å². The van der Waals surface area contributed by atoms with Crippen LogP contribution < -0.4 is 62.0 Å². The molecular formula is C15H20KN3O. The first-order chi connectivity index (χ1) is 9.21. The second-order valence-corrected chi connectivity index (χ2v) is 4.01. The Kier molecular flexibility index (Phi) is 11.0. The van der Waals surface area contributed by atoms with Crippen molar-refractivity contribution in [1.29, 1.82) is 0 Å². The fourth-order valence-electron chi connectivity index (χ4n) is 1.40. The molecule has 1 aromatic carbocycles. The maximum absolute atomic E-state index is 11.3. The maximum atomic E-state index is 11.3. The number of pyridine rings is 1. The van der Waals surface area contributed by atoms with Crippen LogP contribution in [-0.2, 0) is 0 Å². The predicted molar refractivity (Wildman–Crippen MR) is 79.2 cm³/mol. The van der Waals surface area contributed by atoms with Crippen molar-refractivity contribution in [2.24, 2.45) is 0 Å². The number of anilines is 1. The number of nitrogens with zero attached hydrogens (tertiary/aromatic N) is 1. The summed E-state index contributed by atoms with van der Waals surface area (Å²) in [6.07, 6.45) is 1.25. The molecule has 0 saturated carbocycles. The number of hydrogen-bond donors (Lipinski definition) is 2. The average Bonchev–Trinajstić information content (AvgIpc) is 2.40. The number of carbonyl (C=O) groups excluding carboxylic acids is 1. The fraction of sp³-hybridized carbons (Fsp3) is 0.333. The monoisotopic (exact) mass is 297 g/mol. The molecule has 0 radical (unpaired) electrons. The first-order valence-corrected chi connectivity index (χ1v) is 6.52. The van der Waals surface area contributed by atoms with Gasteiger partial charge in [0.1, 0.15) is 5.82 Å². The molecule has 4 nitrogen and oxygen atoms in total. The third-order valence-corrected chi connectivity index (χ3v) is 2.11. The van der Waals surface area contributed by atoms with E-state index < -0.39 is 0 Å². The molecule has 1 aromatic heterocycles. The quantitative estimate of drug-likeness (QED) is 0.630. The molecule has 0 unspecified atom stereocenters. The van der Waals surface area contributed by atoms with Gasteiger partial charge in [-0.2, -0.15) is 18.2 Å². The molecule has 0 spiro atoms. The molecule has 2 rings (SSSR count). The Hall–Kier alpha value is -0.464. The second-order valence-electron chi connectivity index (χ2n) is 4.01. The normalized spacial score (nSPS) is 8.95. The third-order valence-electron chi connectivity index (χ3n) is 2.11. The number of nitrogens with one attached hydrogen (secondary N) is 2. The van der Waals surface area contributed by atoms with E-state index in [0.717, 1.165) is 10.9 Å². The van der Waals surface area contributed by atoms with Crippen molar-refractivity contribution in [3.05, 3.63) is 36.4 Å². The van der Waals surface area contributed by atoms with Gasteiger partial charge >= 0.3 is 57.4 Å². The fourth-order valence-corrected chi connectivity index (χ4v) is 1.40. The summed E-state index contributed by atoms with van der Waals surface area (Å²) in [6.45, 7) is 6.71. The Bertz CT molecular complexity index is 531. The van der Waals surface area contributed by atoms with Crippen LogP contribution >= 0.6 is 0 Å². The van der Waals surface area contributed by atoms with Crippen molar-refractivity contribution < 1.29 is 56.2 Å². The first-order valence-electron chi connectivity index (χ1n) is 6.52. The van der Waals surface area contributed by atoms with Gasteiger partial charge in [-0.15, -0.1) is 17.5 Å². The van der Waals surface area contributed by atoms with E-state index in [1.165, 1.54) is 6.42 Å². The van der Waals surface area contributed by atoms with E-state index in [1.807, 2.05) is 25.1 Å². The third kappa shape index (κ3) is 6.81. The first kappa shape index (κ1) is 19.5. The molecule has 5 heteroatoms. The van der Waals surface area contributed by atoms with E-state index in [9.17, 15) is 4.79 Å². The minimum atomic E-state index is -0.239. The van der Waals surface area contributed by atoms with Gasteiger partial charge in [-0.25, -0.2) is 4.79 Å². The SMILES string of the molecule is CCC.CCNC(=O)Nc1ccc2c[c-]ccc2n1.[K+]. The molecule has 0 fully saturated rings. The number of carbonyl (C=O) groups is 1. The molecule has 0 bridgehead atoms. The zero-order valence-electron chi connectivity index (χ0n) is 12.7. The molecule has 0 saturated heterocycles. The Morgan fingerprint density at radius 3 is 2.60 bits per heavy atom. The van der Waals surface area contributed by atoms with Crippen LogP contribution in [0, 0.1) is 6.07 Å². The minimum absolute atomic E-state index is 0. The van der Waals surface area contributed by atoms with Crippen molar-refractivity contribution in [1.82, 2.24) is 10.3 Å². The smallest absolute Gasteiger partial charge is 0.338 e. The van der Waals surface area contributed by atoms with Gasteiger partial charge in [0.25, 0.3) is 0 Å². The van der Waals surface area contributed by atoms with Gasteiger partial charge in [-0.3, -0.25) is 10.3 Å². The Morgan fingerprint density at radius 1 is 1.25 bits per heavy atom. The Morgan fingerprint density at radius 2 is 1.95 bits per heavy atom. The standard InChI is InChI=1S/C12H12N3O.C3H8.K/c1-2-13-12(16)15-11-8-7-9-5-3-4-6-10(9)14-11;1-3-2;/h4-8H,2H2,1H3,(H2,13,14,15,16);3H2,1-2H3;/q-1;;+1. The summed E-state index contributed by atoms with van der Waals surface area (Å²) in [5.74, 6) is 0.546. The molecule has 2 aromatic rings. The summed E-state index contributed by atoms with van der Waals surface area (Å²) in [5.41, 5.74) is 0.841. The van der Waals surface area contributed by atoms with Crippen molar-refractivity contribution in [2.75, 3.05) is 11.9 Å². The van der Waals surface area contributed by atoms with E-state index in [0.29, 0.717) is 12.4 Å². The second kappa shape index (κ2) is 11.2. The largest absolute Gasteiger partial charge is 1.00 e. The van der Waals surface area contributed by atoms with Gasteiger partial charge in [0, 0.05) is 6.54 Å². The van der Waals surface area contributed by atoms with Crippen molar-refractivity contribution in [3.8, 4) is 0 Å². The Balaban J connectivity index is 0.000000830. The summed E-state index contributed by atoms with van der Waals surface area (Å²) in [5, 5.41) is 6.31. The number of fused-ring (bicyclic) bond motifs is 1. The van der Waals surface area contributed by atoms with Crippen LogP contribution in [0.5, 0.6) is 0 Å². The van der Waals surface area contributed by atoms with Gasteiger partial charge in [0.2, 0.25) is 0 Å². The van der Waals surface area contributed by atoms with Crippen LogP contribution in [0.4, 0.5) is 10.6 Å². The van der Waals surface area contributed by atoms with Gasteiger partial charge < -0.3 is 5.32 Å². The van der Waals surface area contributed by atoms with Crippen molar-refractivity contribution >= 4 is 22.8 Å². The summed E-state index contributed by atoms with van der Waals surface area (Å²) < 4.78 is 0. The zero-order chi connectivity index (χ0) is 14.1. The number of amides is 2. The van der Waals surface area contributed by atoms with Crippen LogP contribution in [0.3, 0.4) is 0 Å². The van der Waals surface area contributed by atoms with E-state index >= 15 is 0 Å². The molecule has 20 heavy (non-hydrogen) atoms. The average molecular weight is 297 g/mol. The predicted octanol–water partition coefficient (Wildman–Crippen LogP) is 0.597. The Labute approximate surface area is 163 Å². The van der Waals surface area contributed by atoms with Crippen molar-refractivity contribution in [3.63, 3.8) is 0 Å². The van der Waals surface area contributed by atoms with Gasteiger partial charge in [-0.05, 0) is 18.5 Å². The summed E-state index contributed by atoms with van der Waals surface area (Å²) in [6, 6.07) is 11.9. The van der Waals surface area contributed by atoms with Crippen LogP contribution in [0.1, 0.15) is 27.2 Å². The molecule has 2 N–H and O–H groups in total. The number of benzene rings is 1. The summed E-state index contributed by atoms with van der Waals surface area (Å²) >= 11 is 0. The molecule has 1 heterocycles. The molecule has 102 valence electrons. The van der Waals surface area contributed by atoms with Crippen LogP contribution in [0.15, 0.2) is 30.3 Å². The number of aromatic nitrogens is 1. The van der Waals surface area contributed by atoms with Gasteiger partial charge in [0.15, 0.2) is 0 Å². The number of urea groups is 1. The van der Waals surface area contributed by atoms with Crippen LogP contribution in [0.2, 0.25) is 0 Å². The molecular weight excluding hydrogens is 277 g/mol. The van der Waals surface area contributed by atoms with Crippen LogP contribution in [0.25, 0.3) is 10.9 Å².